The number of benzene rings is 2. The van der Waals surface area contributed by atoms with Gasteiger partial charge in [-0.2, -0.15) is 4.99 Å². The largest absolute Gasteiger partial charge is 0.444 e. The number of nitrogens with one attached hydrogen (secondary N) is 2. The molecule has 2 aromatic carbocycles. The van der Waals surface area contributed by atoms with Crippen molar-refractivity contribution in [3.8, 4) is 0 Å². The van der Waals surface area contributed by atoms with Gasteiger partial charge in [0.05, 0.1) is 5.69 Å². The second-order valence-corrected chi connectivity index (χ2v) is 12.3. The van der Waals surface area contributed by atoms with Crippen LogP contribution in [0.25, 0.3) is 0 Å². The zero-order chi connectivity index (χ0) is 34.3. The van der Waals surface area contributed by atoms with Crippen LogP contribution in [0.5, 0.6) is 0 Å². The molecule has 0 spiro atoms. The van der Waals surface area contributed by atoms with E-state index >= 15 is 0 Å². The SMILES string of the molecule is CC(C)(C)OC(=O)N1CCN(C(=O)Nc2cccc(F)c2)CC1.CC(C)(C)OC(=O)N1CCNCC1.O=C=Nc1cccc(F)c1. The lowest BCUT2D eigenvalue weighted by molar-refractivity contribution is 0.0172. The summed E-state index contributed by atoms with van der Waals surface area (Å²) in [5.41, 5.74) is -0.232. The number of piperazine rings is 2. The number of ether oxygens (including phenoxy) is 2. The highest BCUT2D eigenvalue weighted by Crippen LogP contribution is 2.15. The van der Waals surface area contributed by atoms with Crippen molar-refractivity contribution in [3.63, 3.8) is 0 Å². The second kappa shape index (κ2) is 17.8. The molecule has 4 amide bonds. The number of rotatable bonds is 2. The summed E-state index contributed by atoms with van der Waals surface area (Å²) >= 11 is 0. The number of anilines is 1. The second-order valence-electron chi connectivity index (χ2n) is 12.3. The Labute approximate surface area is 268 Å². The van der Waals surface area contributed by atoms with Crippen molar-refractivity contribution in [2.75, 3.05) is 57.7 Å². The average Bonchev–Trinajstić information content (AvgIpc) is 2.97. The quantitative estimate of drug-likeness (QED) is 0.324. The minimum absolute atomic E-state index is 0.200. The Bertz CT molecular complexity index is 1340. The molecule has 2 aliphatic rings. The van der Waals surface area contributed by atoms with Crippen LogP contribution in [0.1, 0.15) is 41.5 Å². The predicted molar refractivity (Wildman–Crippen MR) is 170 cm³/mol. The average molecular weight is 647 g/mol. The van der Waals surface area contributed by atoms with E-state index < -0.39 is 17.2 Å². The monoisotopic (exact) mass is 646 g/mol. The number of nitrogens with zero attached hydrogens (tertiary/aromatic N) is 4. The van der Waals surface area contributed by atoms with Crippen LogP contribution in [-0.4, -0.2) is 103 Å². The molecule has 0 aliphatic carbocycles. The third-order valence-corrected chi connectivity index (χ3v) is 6.05. The molecule has 0 atom stereocenters. The minimum Gasteiger partial charge on any atom is -0.444 e. The molecule has 0 radical (unpaired) electrons. The van der Waals surface area contributed by atoms with E-state index in [9.17, 15) is 28.0 Å². The molecular formula is C32H44F2N6O6. The number of carbonyl (C=O) groups is 3. The van der Waals surface area contributed by atoms with E-state index in [1.165, 1.54) is 42.5 Å². The maximum atomic E-state index is 13.1. The predicted octanol–water partition coefficient (Wildman–Crippen LogP) is 5.53. The molecular weight excluding hydrogens is 602 g/mol. The van der Waals surface area contributed by atoms with E-state index in [0.29, 0.717) is 31.9 Å². The molecule has 2 N–H and O–H groups in total. The first-order valence-electron chi connectivity index (χ1n) is 14.9. The summed E-state index contributed by atoms with van der Waals surface area (Å²) in [7, 11) is 0. The molecule has 2 fully saturated rings. The third-order valence-electron chi connectivity index (χ3n) is 6.05. The summed E-state index contributed by atoms with van der Waals surface area (Å²) in [5, 5.41) is 5.83. The van der Waals surface area contributed by atoms with Gasteiger partial charge in [0, 0.05) is 64.1 Å². The van der Waals surface area contributed by atoms with Gasteiger partial charge in [-0.3, -0.25) is 0 Å². The first-order chi connectivity index (χ1) is 21.6. The van der Waals surface area contributed by atoms with Gasteiger partial charge in [-0.05, 0) is 71.9 Å². The van der Waals surface area contributed by atoms with Crippen LogP contribution in [0.15, 0.2) is 53.5 Å². The zero-order valence-corrected chi connectivity index (χ0v) is 27.3. The number of aliphatic imine (C=N–C) groups is 1. The lowest BCUT2D eigenvalue weighted by atomic mass is 10.2. The zero-order valence-electron chi connectivity index (χ0n) is 27.3. The molecule has 0 saturated carbocycles. The van der Waals surface area contributed by atoms with E-state index in [0.717, 1.165) is 32.2 Å². The van der Waals surface area contributed by atoms with Gasteiger partial charge in [0.25, 0.3) is 0 Å². The van der Waals surface area contributed by atoms with Gasteiger partial charge in [0.2, 0.25) is 6.08 Å². The van der Waals surface area contributed by atoms with Crippen molar-refractivity contribution in [3.05, 3.63) is 60.2 Å². The summed E-state index contributed by atoms with van der Waals surface area (Å²) in [4.78, 5) is 53.4. The molecule has 2 aliphatic heterocycles. The highest BCUT2D eigenvalue weighted by atomic mass is 19.1. The van der Waals surface area contributed by atoms with Crippen LogP contribution in [0.4, 0.5) is 34.5 Å². The third kappa shape index (κ3) is 15.0. The van der Waals surface area contributed by atoms with Crippen molar-refractivity contribution >= 4 is 35.7 Å². The number of amides is 4. The number of carbonyl (C=O) groups excluding carboxylic acids is 4. The Kier molecular flexibility index (Phi) is 14.6. The standard InChI is InChI=1S/C16H22FN3O3.C9H18N2O2.C7H4FNO/c1-16(2,3)23-15(22)20-9-7-19(8-10-20)14(21)18-13-6-4-5-12(17)11-13;1-9(2,3)13-8(12)11-6-4-10-5-7-11;8-6-2-1-3-7(4-6)9-5-10/h4-6,11H,7-10H2,1-3H3,(H,18,21);10H,4-7H2,1-3H3;1-4H. The molecule has 0 unspecified atom stereocenters. The van der Waals surface area contributed by atoms with Crippen LogP contribution in [-0.2, 0) is 14.3 Å². The van der Waals surface area contributed by atoms with Gasteiger partial charge < -0.3 is 34.8 Å². The molecule has 4 rings (SSSR count). The fourth-order valence-corrected chi connectivity index (χ4v) is 3.96. The molecule has 2 aromatic rings. The lowest BCUT2D eigenvalue weighted by Gasteiger charge is -2.35. The molecule has 14 heteroatoms. The minimum atomic E-state index is -0.539. The van der Waals surface area contributed by atoms with E-state index in [2.05, 4.69) is 15.6 Å². The Balaban J connectivity index is 0.000000269. The maximum Gasteiger partial charge on any atom is 0.410 e. The Hall–Kier alpha value is -4.55. The Morgan fingerprint density at radius 3 is 1.72 bits per heavy atom. The summed E-state index contributed by atoms with van der Waals surface area (Å²) in [5.74, 6) is -0.811. The molecule has 0 aromatic heterocycles. The topological polar surface area (TPSA) is 133 Å². The van der Waals surface area contributed by atoms with E-state index in [1.807, 2.05) is 41.5 Å². The van der Waals surface area contributed by atoms with Gasteiger partial charge in [-0.25, -0.2) is 28.0 Å². The lowest BCUT2D eigenvalue weighted by Crippen LogP contribution is -2.52. The van der Waals surface area contributed by atoms with Crippen molar-refractivity contribution in [1.29, 1.82) is 0 Å². The van der Waals surface area contributed by atoms with Gasteiger partial charge in [0.1, 0.15) is 22.8 Å². The van der Waals surface area contributed by atoms with Crippen molar-refractivity contribution in [2.24, 2.45) is 4.99 Å². The van der Waals surface area contributed by atoms with E-state index in [4.69, 9.17) is 9.47 Å². The van der Waals surface area contributed by atoms with Crippen molar-refractivity contribution in [2.45, 2.75) is 52.7 Å². The fraction of sp³-hybridized carbons (Fsp3) is 0.500. The number of hydrogen-bond acceptors (Lipinski definition) is 8. The van der Waals surface area contributed by atoms with Crippen molar-refractivity contribution < 1.29 is 37.4 Å². The highest BCUT2D eigenvalue weighted by Gasteiger charge is 2.28. The number of hydrogen-bond donors (Lipinski definition) is 2. The number of halogens is 2. The normalized spacial score (nSPS) is 14.7. The summed E-state index contributed by atoms with van der Waals surface area (Å²) < 4.78 is 36.0. The highest BCUT2D eigenvalue weighted by molar-refractivity contribution is 5.89. The smallest absolute Gasteiger partial charge is 0.410 e. The summed E-state index contributed by atoms with van der Waals surface area (Å²) in [6.45, 7) is 15.9. The molecule has 46 heavy (non-hydrogen) atoms. The van der Waals surface area contributed by atoms with Crippen LogP contribution < -0.4 is 10.6 Å². The van der Waals surface area contributed by atoms with E-state index in [-0.39, 0.29) is 29.5 Å². The molecule has 2 saturated heterocycles. The molecule has 12 nitrogen and oxygen atoms in total. The van der Waals surface area contributed by atoms with Crippen LogP contribution in [0.3, 0.4) is 0 Å². The van der Waals surface area contributed by atoms with Crippen molar-refractivity contribution in [1.82, 2.24) is 20.0 Å². The number of urea groups is 1. The molecule has 0 bridgehead atoms. The first-order valence-corrected chi connectivity index (χ1v) is 14.9. The van der Waals surface area contributed by atoms with Gasteiger partial charge in [0.15, 0.2) is 0 Å². The van der Waals surface area contributed by atoms with Crippen LogP contribution >= 0.6 is 0 Å². The van der Waals surface area contributed by atoms with Gasteiger partial charge in [-0.15, -0.1) is 0 Å². The van der Waals surface area contributed by atoms with Crippen LogP contribution in [0.2, 0.25) is 0 Å². The number of isocyanates is 1. The summed E-state index contributed by atoms with van der Waals surface area (Å²) in [6.07, 6.45) is 0.747. The van der Waals surface area contributed by atoms with Gasteiger partial charge >= 0.3 is 18.2 Å². The summed E-state index contributed by atoms with van der Waals surface area (Å²) in [6, 6.07) is 10.9. The van der Waals surface area contributed by atoms with E-state index in [1.54, 1.807) is 20.8 Å². The molecule has 252 valence electrons. The van der Waals surface area contributed by atoms with Crippen LogP contribution in [0, 0.1) is 11.6 Å². The Morgan fingerprint density at radius 2 is 1.24 bits per heavy atom. The van der Waals surface area contributed by atoms with Gasteiger partial charge in [-0.1, -0.05) is 12.1 Å². The fourth-order valence-electron chi connectivity index (χ4n) is 3.96. The molecule has 2 heterocycles. The maximum absolute atomic E-state index is 13.1. The first kappa shape index (κ1) is 37.6. The Morgan fingerprint density at radius 1 is 0.761 bits per heavy atom.